The number of halogens is 1. The van der Waals surface area contributed by atoms with Crippen LogP contribution in [0.15, 0.2) is 18.2 Å². The average molecular weight is 309 g/mol. The maximum atomic E-state index is 9.41. The molecule has 0 aliphatic heterocycles. The zero-order chi connectivity index (χ0) is 15.4. The van der Waals surface area contributed by atoms with Gasteiger partial charge in [0.25, 0.3) is 0 Å². The predicted molar refractivity (Wildman–Crippen MR) is 83.7 cm³/mol. The lowest BCUT2D eigenvalue weighted by Gasteiger charge is -2.12. The van der Waals surface area contributed by atoms with Crippen molar-refractivity contribution >= 4 is 11.6 Å². The number of nitrogens with zero attached hydrogens (tertiary/aromatic N) is 2. The molecule has 4 nitrogen and oxygen atoms in total. The van der Waals surface area contributed by atoms with Gasteiger partial charge in [0.05, 0.1) is 23.0 Å². The van der Waals surface area contributed by atoms with E-state index in [-0.39, 0.29) is 6.61 Å². The van der Waals surface area contributed by atoms with Gasteiger partial charge in [-0.15, -0.1) is 0 Å². The van der Waals surface area contributed by atoms with E-state index in [0.717, 1.165) is 35.5 Å². The van der Waals surface area contributed by atoms with Crippen molar-refractivity contribution < 1.29 is 9.84 Å². The van der Waals surface area contributed by atoms with Crippen LogP contribution in [-0.2, 0) is 26.2 Å². The summed E-state index contributed by atoms with van der Waals surface area (Å²) >= 11 is 6.36. The molecule has 0 aliphatic carbocycles. The smallest absolute Gasteiger partial charge is 0.131 e. The van der Waals surface area contributed by atoms with Crippen molar-refractivity contribution in [2.75, 3.05) is 0 Å². The second-order valence-electron chi connectivity index (χ2n) is 4.93. The van der Waals surface area contributed by atoms with E-state index >= 15 is 0 Å². The zero-order valence-corrected chi connectivity index (χ0v) is 13.4. The summed E-state index contributed by atoms with van der Waals surface area (Å²) in [7, 11) is 0. The number of benzene rings is 1. The normalized spacial score (nSPS) is 10.9. The van der Waals surface area contributed by atoms with Crippen molar-refractivity contribution in [1.82, 2.24) is 9.78 Å². The standard InChI is InChI=1S/C16H21ClN2O2/c1-4-13-16(17)14(19(5-2)18-13)10-21-15-7-6-11(3)8-12(15)9-20/h6-8,20H,4-5,9-10H2,1-3H3. The first-order valence-corrected chi connectivity index (χ1v) is 7.55. The van der Waals surface area contributed by atoms with Crippen LogP contribution >= 0.6 is 11.6 Å². The van der Waals surface area contributed by atoms with Crippen molar-refractivity contribution in [1.29, 1.82) is 0 Å². The van der Waals surface area contributed by atoms with Gasteiger partial charge in [-0.3, -0.25) is 4.68 Å². The van der Waals surface area contributed by atoms with E-state index in [2.05, 4.69) is 5.10 Å². The van der Waals surface area contributed by atoms with Crippen LogP contribution in [0.2, 0.25) is 5.02 Å². The summed E-state index contributed by atoms with van der Waals surface area (Å²) in [6.07, 6.45) is 0.797. The third kappa shape index (κ3) is 3.39. The molecule has 114 valence electrons. The molecular formula is C16H21ClN2O2. The minimum Gasteiger partial charge on any atom is -0.487 e. The molecule has 21 heavy (non-hydrogen) atoms. The molecule has 1 N–H and O–H groups in total. The van der Waals surface area contributed by atoms with Crippen molar-refractivity contribution in [2.45, 2.75) is 47.0 Å². The predicted octanol–water partition coefficient (Wildman–Crippen LogP) is 3.50. The summed E-state index contributed by atoms with van der Waals surface area (Å²) in [6, 6.07) is 5.76. The van der Waals surface area contributed by atoms with Gasteiger partial charge in [-0.25, -0.2) is 0 Å². The van der Waals surface area contributed by atoms with Crippen LogP contribution in [0, 0.1) is 6.92 Å². The molecule has 0 saturated carbocycles. The van der Waals surface area contributed by atoms with Gasteiger partial charge in [0.2, 0.25) is 0 Å². The average Bonchev–Trinajstić information content (AvgIpc) is 2.81. The largest absolute Gasteiger partial charge is 0.487 e. The quantitative estimate of drug-likeness (QED) is 0.888. The van der Waals surface area contributed by atoms with Gasteiger partial charge in [-0.1, -0.05) is 36.2 Å². The number of hydrogen-bond acceptors (Lipinski definition) is 3. The number of hydrogen-bond donors (Lipinski definition) is 1. The number of rotatable bonds is 6. The molecule has 0 aliphatic rings. The van der Waals surface area contributed by atoms with Crippen molar-refractivity contribution in [3.8, 4) is 5.75 Å². The van der Waals surface area contributed by atoms with E-state index < -0.39 is 0 Å². The van der Waals surface area contributed by atoms with Gasteiger partial charge in [0.15, 0.2) is 0 Å². The van der Waals surface area contributed by atoms with E-state index in [0.29, 0.717) is 17.4 Å². The molecule has 0 amide bonds. The number of aliphatic hydroxyl groups excluding tert-OH is 1. The molecule has 2 rings (SSSR count). The number of aliphatic hydroxyl groups is 1. The SMILES string of the molecule is CCc1nn(CC)c(COc2ccc(C)cc2CO)c1Cl. The Morgan fingerprint density at radius 2 is 2.10 bits per heavy atom. The van der Waals surface area contributed by atoms with Gasteiger partial charge in [0, 0.05) is 12.1 Å². The minimum atomic E-state index is -0.0437. The highest BCUT2D eigenvalue weighted by atomic mass is 35.5. The molecule has 1 heterocycles. The van der Waals surface area contributed by atoms with Crippen LogP contribution in [0.3, 0.4) is 0 Å². The first-order chi connectivity index (χ1) is 10.1. The molecule has 0 radical (unpaired) electrons. The van der Waals surface area contributed by atoms with E-state index in [9.17, 15) is 5.11 Å². The maximum Gasteiger partial charge on any atom is 0.131 e. The van der Waals surface area contributed by atoms with Gasteiger partial charge in [-0.2, -0.15) is 5.10 Å². The Labute approximate surface area is 130 Å². The van der Waals surface area contributed by atoms with Crippen LogP contribution in [-0.4, -0.2) is 14.9 Å². The fourth-order valence-electron chi connectivity index (χ4n) is 2.27. The van der Waals surface area contributed by atoms with Gasteiger partial charge < -0.3 is 9.84 Å². The van der Waals surface area contributed by atoms with E-state index in [1.54, 1.807) is 0 Å². The molecule has 2 aromatic rings. The molecule has 1 aromatic carbocycles. The summed E-state index contributed by atoms with van der Waals surface area (Å²) in [5.41, 5.74) is 3.64. The molecule has 1 aromatic heterocycles. The monoisotopic (exact) mass is 308 g/mol. The Kier molecular flexibility index (Phi) is 5.26. The summed E-state index contributed by atoms with van der Waals surface area (Å²) < 4.78 is 7.71. The van der Waals surface area contributed by atoms with E-state index in [4.69, 9.17) is 16.3 Å². The molecule has 0 unspecified atom stereocenters. The second kappa shape index (κ2) is 6.96. The lowest BCUT2D eigenvalue weighted by Crippen LogP contribution is -2.07. The molecule has 0 bridgehead atoms. The Bertz CT molecular complexity index is 623. The zero-order valence-electron chi connectivity index (χ0n) is 12.7. The molecule has 0 spiro atoms. The Balaban J connectivity index is 2.22. The lowest BCUT2D eigenvalue weighted by atomic mass is 10.1. The Morgan fingerprint density at radius 1 is 1.33 bits per heavy atom. The van der Waals surface area contributed by atoms with E-state index in [1.165, 1.54) is 0 Å². The summed E-state index contributed by atoms with van der Waals surface area (Å²) in [4.78, 5) is 0. The van der Waals surface area contributed by atoms with Crippen molar-refractivity contribution in [3.63, 3.8) is 0 Å². The van der Waals surface area contributed by atoms with Crippen LogP contribution in [0.4, 0.5) is 0 Å². The Hall–Kier alpha value is -1.52. The highest BCUT2D eigenvalue weighted by Crippen LogP contribution is 2.25. The maximum absolute atomic E-state index is 9.41. The van der Waals surface area contributed by atoms with Crippen molar-refractivity contribution in [3.05, 3.63) is 45.7 Å². The minimum absolute atomic E-state index is 0.0437. The van der Waals surface area contributed by atoms with Crippen LogP contribution in [0.1, 0.15) is 36.4 Å². The van der Waals surface area contributed by atoms with Crippen LogP contribution in [0.25, 0.3) is 0 Å². The third-order valence-electron chi connectivity index (χ3n) is 3.44. The van der Waals surface area contributed by atoms with Crippen LogP contribution < -0.4 is 4.74 Å². The highest BCUT2D eigenvalue weighted by Gasteiger charge is 2.15. The Morgan fingerprint density at radius 3 is 2.71 bits per heavy atom. The summed E-state index contributed by atoms with van der Waals surface area (Å²) in [5, 5.41) is 14.6. The number of aryl methyl sites for hydroxylation is 3. The number of aromatic nitrogens is 2. The molecular weight excluding hydrogens is 288 g/mol. The summed E-state index contributed by atoms with van der Waals surface area (Å²) in [6.45, 7) is 7.09. The number of ether oxygens (including phenoxy) is 1. The summed E-state index contributed by atoms with van der Waals surface area (Å²) in [5.74, 6) is 0.682. The molecule has 5 heteroatoms. The van der Waals surface area contributed by atoms with E-state index in [1.807, 2.05) is 43.7 Å². The molecule has 0 fully saturated rings. The fourth-order valence-corrected chi connectivity index (χ4v) is 2.60. The second-order valence-corrected chi connectivity index (χ2v) is 5.31. The van der Waals surface area contributed by atoms with Gasteiger partial charge >= 0.3 is 0 Å². The van der Waals surface area contributed by atoms with Crippen molar-refractivity contribution in [2.24, 2.45) is 0 Å². The van der Waals surface area contributed by atoms with Gasteiger partial charge in [0.1, 0.15) is 12.4 Å². The highest BCUT2D eigenvalue weighted by molar-refractivity contribution is 6.31. The topological polar surface area (TPSA) is 47.3 Å². The first-order valence-electron chi connectivity index (χ1n) is 7.17. The third-order valence-corrected chi connectivity index (χ3v) is 3.88. The van der Waals surface area contributed by atoms with Gasteiger partial charge in [-0.05, 0) is 26.3 Å². The molecule has 0 atom stereocenters. The lowest BCUT2D eigenvalue weighted by molar-refractivity contribution is 0.254. The van der Waals surface area contributed by atoms with Crippen LogP contribution in [0.5, 0.6) is 5.75 Å². The fraction of sp³-hybridized carbons (Fsp3) is 0.438. The molecule has 0 saturated heterocycles. The first kappa shape index (κ1) is 15.9.